The normalized spacial score (nSPS) is 10.7. The van der Waals surface area contributed by atoms with E-state index in [9.17, 15) is 0 Å². The van der Waals surface area contributed by atoms with E-state index < -0.39 is 0 Å². The van der Waals surface area contributed by atoms with Gasteiger partial charge in [0.25, 0.3) is 0 Å². The summed E-state index contributed by atoms with van der Waals surface area (Å²) in [5.74, 6) is 0. The van der Waals surface area contributed by atoms with Crippen LogP contribution in [0.1, 0.15) is 0 Å². The first-order valence-electron chi connectivity index (χ1n) is 9.88. The van der Waals surface area contributed by atoms with Gasteiger partial charge in [-0.25, -0.2) is 0 Å². The fraction of sp³-hybridized carbons (Fsp3) is 0. The maximum absolute atomic E-state index is 4.89. The molecule has 3 heteroatoms. The molecule has 0 spiro atoms. The highest BCUT2D eigenvalue weighted by atomic mass is 14.8. The Hall–Kier alpha value is -4.11. The van der Waals surface area contributed by atoms with E-state index >= 15 is 0 Å². The van der Waals surface area contributed by atoms with E-state index in [1.807, 2.05) is 60.9 Å². The van der Waals surface area contributed by atoms with Crippen LogP contribution in [-0.4, -0.2) is 15.0 Å². The van der Waals surface area contributed by atoms with E-state index in [0.717, 1.165) is 44.9 Å². The average Bonchev–Trinajstić information content (AvgIpc) is 2.85. The van der Waals surface area contributed by atoms with Crippen LogP contribution >= 0.6 is 0 Å². The maximum Gasteiger partial charge on any atom is 0.0986 e. The van der Waals surface area contributed by atoms with E-state index in [-0.39, 0.29) is 0 Å². The van der Waals surface area contributed by atoms with Gasteiger partial charge in [0.15, 0.2) is 0 Å². The van der Waals surface area contributed by atoms with E-state index in [1.54, 1.807) is 6.20 Å². The monoisotopic (exact) mass is 385 g/mol. The van der Waals surface area contributed by atoms with E-state index in [0.29, 0.717) is 0 Å². The van der Waals surface area contributed by atoms with Crippen LogP contribution < -0.4 is 0 Å². The van der Waals surface area contributed by atoms with Gasteiger partial charge in [0.2, 0.25) is 0 Å². The number of pyridine rings is 3. The van der Waals surface area contributed by atoms with Crippen LogP contribution in [0.5, 0.6) is 0 Å². The van der Waals surface area contributed by atoms with Gasteiger partial charge in [-0.2, -0.15) is 0 Å². The zero-order valence-corrected chi connectivity index (χ0v) is 16.3. The van der Waals surface area contributed by atoms with Crippen molar-refractivity contribution in [2.45, 2.75) is 0 Å². The Morgan fingerprint density at radius 1 is 0.433 bits per heavy atom. The summed E-state index contributed by atoms with van der Waals surface area (Å²) in [4.78, 5) is 14.2. The predicted octanol–water partition coefficient (Wildman–Crippen LogP) is 6.54. The van der Waals surface area contributed by atoms with Gasteiger partial charge in [-0.1, -0.05) is 72.8 Å². The van der Waals surface area contributed by atoms with Gasteiger partial charge in [-0.15, -0.1) is 0 Å². The summed E-state index contributed by atoms with van der Waals surface area (Å²) >= 11 is 0. The Morgan fingerprint density at radius 3 is 1.60 bits per heavy atom. The smallest absolute Gasteiger partial charge is 0.0986 e. The van der Waals surface area contributed by atoms with Crippen molar-refractivity contribution in [1.82, 2.24) is 15.0 Å². The second-order valence-electron chi connectivity index (χ2n) is 6.93. The van der Waals surface area contributed by atoms with Crippen LogP contribution in [0.25, 0.3) is 44.9 Å². The number of hydrogen-bond acceptors (Lipinski definition) is 3. The molecule has 0 saturated heterocycles. The Morgan fingerprint density at radius 2 is 1.00 bits per heavy atom. The molecule has 0 aliphatic heterocycles. The molecule has 0 N–H and O–H groups in total. The topological polar surface area (TPSA) is 38.7 Å². The minimum Gasteiger partial charge on any atom is -0.256 e. The third-order valence-corrected chi connectivity index (χ3v) is 5.05. The van der Waals surface area contributed by atoms with Gasteiger partial charge in [0.1, 0.15) is 0 Å². The lowest BCUT2D eigenvalue weighted by atomic mass is 9.88. The fourth-order valence-electron chi connectivity index (χ4n) is 3.71. The summed E-state index contributed by atoms with van der Waals surface area (Å²) in [7, 11) is 0. The highest BCUT2D eigenvalue weighted by Gasteiger charge is 2.21. The minimum atomic E-state index is 0.827. The molecule has 3 heterocycles. The first-order valence-corrected chi connectivity index (χ1v) is 9.88. The molecule has 2 aromatic carbocycles. The van der Waals surface area contributed by atoms with Crippen molar-refractivity contribution in [1.29, 1.82) is 0 Å². The molecular formula is C27H19N3. The molecule has 5 rings (SSSR count). The molecule has 5 aromatic rings. The van der Waals surface area contributed by atoms with Crippen molar-refractivity contribution in [3.63, 3.8) is 0 Å². The molecule has 0 amide bonds. The van der Waals surface area contributed by atoms with Crippen LogP contribution in [0, 0.1) is 0 Å². The zero-order chi connectivity index (χ0) is 20.2. The van der Waals surface area contributed by atoms with E-state index in [1.165, 1.54) is 0 Å². The molecular weight excluding hydrogens is 366 g/mol. The molecule has 0 atom stereocenters. The third kappa shape index (κ3) is 3.38. The van der Waals surface area contributed by atoms with Gasteiger partial charge in [0.05, 0.1) is 17.1 Å². The number of nitrogens with zero attached hydrogens (tertiary/aromatic N) is 3. The molecule has 0 aliphatic carbocycles. The van der Waals surface area contributed by atoms with Crippen molar-refractivity contribution in [3.05, 3.63) is 116 Å². The molecule has 0 unspecified atom stereocenters. The molecule has 0 radical (unpaired) electrons. The first-order chi connectivity index (χ1) is 14.9. The van der Waals surface area contributed by atoms with Crippen LogP contribution in [0.15, 0.2) is 116 Å². The third-order valence-electron chi connectivity index (χ3n) is 5.05. The molecule has 0 saturated carbocycles. The second-order valence-corrected chi connectivity index (χ2v) is 6.93. The molecule has 3 nitrogen and oxygen atoms in total. The maximum atomic E-state index is 4.89. The summed E-state index contributed by atoms with van der Waals surface area (Å²) < 4.78 is 0. The Balaban J connectivity index is 1.91. The van der Waals surface area contributed by atoms with Gasteiger partial charge in [-0.05, 0) is 35.4 Å². The lowest BCUT2D eigenvalue weighted by molar-refractivity contribution is 1.23. The van der Waals surface area contributed by atoms with Crippen molar-refractivity contribution in [2.24, 2.45) is 0 Å². The fourth-order valence-corrected chi connectivity index (χ4v) is 3.71. The number of benzene rings is 2. The lowest BCUT2D eigenvalue weighted by Crippen LogP contribution is -1.99. The lowest BCUT2D eigenvalue weighted by Gasteiger charge is -2.18. The summed E-state index contributed by atoms with van der Waals surface area (Å²) in [5.41, 5.74) is 7.94. The van der Waals surface area contributed by atoms with E-state index in [4.69, 9.17) is 4.98 Å². The quantitative estimate of drug-likeness (QED) is 0.352. The molecule has 0 fully saturated rings. The van der Waals surface area contributed by atoms with Gasteiger partial charge in [0, 0.05) is 35.3 Å². The van der Waals surface area contributed by atoms with Crippen molar-refractivity contribution >= 4 is 0 Å². The SMILES string of the molecule is c1ccc(-c2cnc(-c3ccccn3)c(-c3ccccn3)c2-c2ccccc2)cc1. The van der Waals surface area contributed by atoms with Crippen LogP contribution in [0.3, 0.4) is 0 Å². The predicted molar refractivity (Wildman–Crippen MR) is 122 cm³/mol. The molecule has 0 bridgehead atoms. The highest BCUT2D eigenvalue weighted by molar-refractivity contribution is 5.98. The van der Waals surface area contributed by atoms with E-state index in [2.05, 4.69) is 58.5 Å². The summed E-state index contributed by atoms with van der Waals surface area (Å²) in [6, 6.07) is 32.7. The molecule has 3 aromatic heterocycles. The first kappa shape index (κ1) is 18.0. The minimum absolute atomic E-state index is 0.827. The second kappa shape index (κ2) is 8.10. The number of rotatable bonds is 4. The van der Waals surface area contributed by atoms with Gasteiger partial charge in [-0.3, -0.25) is 15.0 Å². The van der Waals surface area contributed by atoms with Crippen LogP contribution in [-0.2, 0) is 0 Å². The van der Waals surface area contributed by atoms with Crippen molar-refractivity contribution in [3.8, 4) is 44.9 Å². The van der Waals surface area contributed by atoms with Crippen LogP contribution in [0.2, 0.25) is 0 Å². The summed E-state index contributed by atoms with van der Waals surface area (Å²) in [6.07, 6.45) is 5.57. The van der Waals surface area contributed by atoms with Crippen molar-refractivity contribution < 1.29 is 0 Å². The number of hydrogen-bond donors (Lipinski definition) is 0. The Labute approximate surface area is 175 Å². The van der Waals surface area contributed by atoms with Crippen molar-refractivity contribution in [2.75, 3.05) is 0 Å². The number of aromatic nitrogens is 3. The Bertz CT molecular complexity index is 1150. The molecule has 30 heavy (non-hydrogen) atoms. The van der Waals surface area contributed by atoms with Gasteiger partial charge >= 0.3 is 0 Å². The average molecular weight is 385 g/mol. The van der Waals surface area contributed by atoms with Crippen LogP contribution in [0.4, 0.5) is 0 Å². The zero-order valence-electron chi connectivity index (χ0n) is 16.3. The standard InChI is InChI=1S/C27H19N3/c1-3-11-20(12-4-1)22-19-30-27(24-16-8-10-18-29-24)26(23-15-7-9-17-28-23)25(22)21-13-5-2-6-14-21/h1-19H. The molecule has 0 aliphatic rings. The largest absolute Gasteiger partial charge is 0.256 e. The highest BCUT2D eigenvalue weighted by Crippen LogP contribution is 2.43. The summed E-state index contributed by atoms with van der Waals surface area (Å²) in [5, 5.41) is 0. The molecule has 142 valence electrons. The van der Waals surface area contributed by atoms with Gasteiger partial charge < -0.3 is 0 Å². The Kier molecular flexibility index (Phi) is 4.84. The summed E-state index contributed by atoms with van der Waals surface area (Å²) in [6.45, 7) is 0.